The second kappa shape index (κ2) is 4.80. The van der Waals surface area contributed by atoms with Crippen molar-refractivity contribution in [3.63, 3.8) is 0 Å². The maximum absolute atomic E-state index is 12.9. The molecule has 0 aliphatic carbocycles. The van der Waals surface area contributed by atoms with E-state index in [-0.39, 0.29) is 10.9 Å². The number of para-hydroxylation sites is 1. The number of aromatic nitrogens is 2. The van der Waals surface area contributed by atoms with Crippen molar-refractivity contribution in [2.45, 2.75) is 6.92 Å². The third kappa shape index (κ3) is 1.94. The molecule has 25 heavy (non-hydrogen) atoms. The molecule has 2 aromatic heterocycles. The van der Waals surface area contributed by atoms with Crippen molar-refractivity contribution in [3.8, 4) is 0 Å². The molecule has 0 spiro atoms. The zero-order chi connectivity index (χ0) is 17.1. The maximum Gasteiger partial charge on any atom is 0.197 e. The lowest BCUT2D eigenvalue weighted by Gasteiger charge is -2.07. The third-order valence-corrected chi connectivity index (χ3v) is 4.78. The number of hydrogen-bond donors (Lipinski definition) is 2. The van der Waals surface area contributed by atoms with E-state index in [4.69, 9.17) is 0 Å². The van der Waals surface area contributed by atoms with Crippen LogP contribution >= 0.6 is 0 Å². The van der Waals surface area contributed by atoms with Crippen LogP contribution in [0.15, 0.2) is 64.2 Å². The molecule has 0 atom stereocenters. The predicted octanol–water partition coefficient (Wildman–Crippen LogP) is 3.98. The second-order valence-electron chi connectivity index (χ2n) is 6.45. The smallest absolute Gasteiger partial charge is 0.197 e. The predicted molar refractivity (Wildman–Crippen MR) is 102 cm³/mol. The Labute approximate surface area is 141 Å². The van der Waals surface area contributed by atoms with Gasteiger partial charge in [0.15, 0.2) is 10.9 Å². The number of aryl methyl sites for hydroxylation is 1. The van der Waals surface area contributed by atoms with Crippen LogP contribution in [0.4, 0.5) is 0 Å². The summed E-state index contributed by atoms with van der Waals surface area (Å²) in [6, 6.07) is 16.7. The van der Waals surface area contributed by atoms with E-state index in [9.17, 15) is 9.59 Å². The molecular formula is C21H14N2O2. The van der Waals surface area contributed by atoms with Gasteiger partial charge in [-0.15, -0.1) is 0 Å². The summed E-state index contributed by atoms with van der Waals surface area (Å²) in [5.74, 6) is 0. The summed E-state index contributed by atoms with van der Waals surface area (Å²) >= 11 is 0. The van der Waals surface area contributed by atoms with Crippen molar-refractivity contribution in [2.75, 3.05) is 0 Å². The number of pyridine rings is 2. The maximum atomic E-state index is 12.9. The van der Waals surface area contributed by atoms with Crippen LogP contribution in [-0.2, 0) is 0 Å². The van der Waals surface area contributed by atoms with Crippen molar-refractivity contribution in [1.82, 2.24) is 9.97 Å². The molecule has 0 saturated carbocycles. The first kappa shape index (κ1) is 14.0. The highest BCUT2D eigenvalue weighted by Gasteiger charge is 2.10. The lowest BCUT2D eigenvalue weighted by Crippen LogP contribution is -2.08. The number of nitrogens with one attached hydrogen (secondary N) is 2. The van der Waals surface area contributed by atoms with Gasteiger partial charge in [0.25, 0.3) is 0 Å². The van der Waals surface area contributed by atoms with Crippen molar-refractivity contribution in [1.29, 1.82) is 0 Å². The molecule has 2 N–H and O–H groups in total. The zero-order valence-electron chi connectivity index (χ0n) is 13.5. The van der Waals surface area contributed by atoms with Gasteiger partial charge < -0.3 is 9.97 Å². The Morgan fingerprint density at radius 3 is 1.88 bits per heavy atom. The minimum absolute atomic E-state index is 0.0281. The largest absolute Gasteiger partial charge is 0.354 e. The first-order valence-corrected chi connectivity index (χ1v) is 8.13. The molecule has 4 nitrogen and oxygen atoms in total. The minimum Gasteiger partial charge on any atom is -0.354 e. The summed E-state index contributed by atoms with van der Waals surface area (Å²) in [5.41, 5.74) is 3.93. The van der Waals surface area contributed by atoms with Gasteiger partial charge in [0.05, 0.1) is 11.0 Å². The summed E-state index contributed by atoms with van der Waals surface area (Å²) in [7, 11) is 0. The Bertz CT molecular complexity index is 1440. The first-order chi connectivity index (χ1) is 12.1. The van der Waals surface area contributed by atoms with E-state index in [1.54, 1.807) is 12.1 Å². The van der Waals surface area contributed by atoms with Crippen molar-refractivity contribution in [2.24, 2.45) is 0 Å². The molecule has 4 heteroatoms. The van der Waals surface area contributed by atoms with Gasteiger partial charge in [0.2, 0.25) is 0 Å². The SMILES string of the molecule is Cc1ccc2c(=O)c3cc4[nH]c5ccccc5c(=O)c4cc3[nH]c2c1. The van der Waals surface area contributed by atoms with Gasteiger partial charge in [-0.2, -0.15) is 0 Å². The standard InChI is InChI=1S/C21H14N2O2/c1-11-6-7-13-17(8-11)23-19-10-14-18(9-15(19)21(13)25)22-16-5-3-2-4-12(16)20(14)24/h2-10H,1H3,(H,22,24)(H,23,25). The van der Waals surface area contributed by atoms with Gasteiger partial charge in [-0.3, -0.25) is 9.59 Å². The van der Waals surface area contributed by atoms with Gasteiger partial charge >= 0.3 is 0 Å². The number of hydrogen-bond acceptors (Lipinski definition) is 2. The van der Waals surface area contributed by atoms with Gasteiger partial charge in [0, 0.05) is 32.6 Å². The Balaban J connectivity index is 2.02. The molecule has 0 unspecified atom stereocenters. The van der Waals surface area contributed by atoms with Gasteiger partial charge in [-0.1, -0.05) is 18.2 Å². The van der Waals surface area contributed by atoms with Crippen LogP contribution in [-0.4, -0.2) is 9.97 Å². The highest BCUT2D eigenvalue weighted by Crippen LogP contribution is 2.21. The van der Waals surface area contributed by atoms with Crippen molar-refractivity contribution < 1.29 is 0 Å². The molecular weight excluding hydrogens is 312 g/mol. The van der Waals surface area contributed by atoms with Gasteiger partial charge in [0.1, 0.15) is 0 Å². The van der Waals surface area contributed by atoms with E-state index in [2.05, 4.69) is 9.97 Å². The van der Waals surface area contributed by atoms with Crippen LogP contribution in [0.5, 0.6) is 0 Å². The molecule has 2 heterocycles. The lowest BCUT2D eigenvalue weighted by molar-refractivity contribution is 1.43. The molecule has 0 aliphatic rings. The molecule has 0 bridgehead atoms. The monoisotopic (exact) mass is 326 g/mol. The number of benzene rings is 3. The lowest BCUT2D eigenvalue weighted by atomic mass is 10.0. The van der Waals surface area contributed by atoms with Crippen LogP contribution < -0.4 is 10.9 Å². The summed E-state index contributed by atoms with van der Waals surface area (Å²) in [4.78, 5) is 32.3. The molecule has 0 fully saturated rings. The average Bonchev–Trinajstić information content (AvgIpc) is 2.61. The molecule has 3 aromatic carbocycles. The Kier molecular flexibility index (Phi) is 2.69. The topological polar surface area (TPSA) is 65.7 Å². The molecule has 0 saturated heterocycles. The quantitative estimate of drug-likeness (QED) is 0.423. The van der Waals surface area contributed by atoms with E-state index in [1.165, 1.54) is 0 Å². The van der Waals surface area contributed by atoms with E-state index in [0.29, 0.717) is 32.6 Å². The second-order valence-corrected chi connectivity index (χ2v) is 6.45. The van der Waals surface area contributed by atoms with E-state index < -0.39 is 0 Å². The summed E-state index contributed by atoms with van der Waals surface area (Å²) in [6.45, 7) is 1.99. The zero-order valence-corrected chi connectivity index (χ0v) is 13.5. The van der Waals surface area contributed by atoms with Crippen molar-refractivity contribution in [3.05, 3.63) is 80.6 Å². The van der Waals surface area contributed by atoms with Crippen LogP contribution in [0.25, 0.3) is 43.6 Å². The summed E-state index contributed by atoms with van der Waals surface area (Å²) in [6.07, 6.45) is 0. The summed E-state index contributed by atoms with van der Waals surface area (Å²) in [5, 5.41) is 2.46. The molecule has 0 amide bonds. The highest BCUT2D eigenvalue weighted by atomic mass is 16.1. The van der Waals surface area contributed by atoms with E-state index in [1.807, 2.05) is 49.4 Å². The summed E-state index contributed by atoms with van der Waals surface area (Å²) < 4.78 is 0. The number of H-pyrrole nitrogens is 2. The number of aromatic amines is 2. The fraction of sp³-hybridized carbons (Fsp3) is 0.0476. The Hall–Kier alpha value is -3.40. The van der Waals surface area contributed by atoms with Gasteiger partial charge in [-0.05, 0) is 48.9 Å². The number of rotatable bonds is 0. The van der Waals surface area contributed by atoms with Crippen molar-refractivity contribution >= 4 is 43.6 Å². The Morgan fingerprint density at radius 2 is 1.16 bits per heavy atom. The first-order valence-electron chi connectivity index (χ1n) is 8.13. The molecule has 0 radical (unpaired) electrons. The van der Waals surface area contributed by atoms with Crippen LogP contribution in [0, 0.1) is 6.92 Å². The van der Waals surface area contributed by atoms with Gasteiger partial charge in [-0.25, -0.2) is 0 Å². The van der Waals surface area contributed by atoms with Crippen LogP contribution in [0.1, 0.15) is 5.56 Å². The van der Waals surface area contributed by atoms with E-state index >= 15 is 0 Å². The fourth-order valence-corrected chi connectivity index (χ4v) is 3.51. The van der Waals surface area contributed by atoms with E-state index in [0.717, 1.165) is 16.6 Å². The third-order valence-electron chi connectivity index (χ3n) is 4.78. The Morgan fingerprint density at radius 1 is 0.600 bits per heavy atom. The fourth-order valence-electron chi connectivity index (χ4n) is 3.51. The molecule has 120 valence electrons. The molecule has 5 rings (SSSR count). The molecule has 5 aromatic rings. The molecule has 0 aliphatic heterocycles. The normalized spacial score (nSPS) is 11.7. The van der Waals surface area contributed by atoms with Crippen LogP contribution in [0.3, 0.4) is 0 Å². The average molecular weight is 326 g/mol. The minimum atomic E-state index is -0.0311. The number of fused-ring (bicyclic) bond motifs is 4. The highest BCUT2D eigenvalue weighted by molar-refractivity contribution is 6.02. The van der Waals surface area contributed by atoms with Crippen LogP contribution in [0.2, 0.25) is 0 Å².